The van der Waals surface area contributed by atoms with Crippen molar-refractivity contribution in [2.75, 3.05) is 6.54 Å². The van der Waals surface area contributed by atoms with Crippen LogP contribution in [0, 0.1) is 0 Å². The summed E-state index contributed by atoms with van der Waals surface area (Å²) in [6, 6.07) is 0. The van der Waals surface area contributed by atoms with E-state index in [2.05, 4.69) is 5.32 Å². The Balaban J connectivity index is 0.000000640. The van der Waals surface area contributed by atoms with Crippen LogP contribution in [0.15, 0.2) is 10.2 Å². The molecule has 1 rings (SSSR count). The first kappa shape index (κ1) is 9.41. The molecule has 1 aliphatic heterocycles. The average Bonchev–Trinajstić information content (AvgIpc) is 2.12. The van der Waals surface area contributed by atoms with Gasteiger partial charge in [-0.3, -0.25) is 0 Å². The van der Waals surface area contributed by atoms with Gasteiger partial charge in [-0.2, -0.15) is 0 Å². The van der Waals surface area contributed by atoms with Gasteiger partial charge < -0.3 is 5.32 Å². The zero-order valence-electron chi connectivity index (χ0n) is 4.79. The predicted molar refractivity (Wildman–Crippen MR) is 43.2 cm³/mol. The van der Waals surface area contributed by atoms with E-state index in [4.69, 9.17) is 23.2 Å². The van der Waals surface area contributed by atoms with Gasteiger partial charge in [0.05, 0.1) is 0 Å². The molecule has 1 N–H and O–H groups in total. The van der Waals surface area contributed by atoms with Gasteiger partial charge in [0.1, 0.15) is 4.49 Å². The van der Waals surface area contributed by atoms with Crippen molar-refractivity contribution >= 4 is 35.6 Å². The molecule has 9 heavy (non-hydrogen) atoms. The average molecular weight is 188 g/mol. The lowest BCUT2D eigenvalue weighted by Gasteiger charge is -1.94. The Hall–Kier alpha value is 0.410. The molecule has 1 saturated heterocycles. The first-order chi connectivity index (χ1) is 3.80. The van der Waals surface area contributed by atoms with Gasteiger partial charge in [0.2, 0.25) is 0 Å². The van der Waals surface area contributed by atoms with Gasteiger partial charge in [-0.25, -0.2) is 0 Å². The Morgan fingerprint density at radius 3 is 2.33 bits per heavy atom. The molecule has 1 heterocycles. The van der Waals surface area contributed by atoms with Gasteiger partial charge >= 0.3 is 0 Å². The quantitative estimate of drug-likeness (QED) is 0.616. The van der Waals surface area contributed by atoms with Crippen molar-refractivity contribution in [3.8, 4) is 0 Å². The van der Waals surface area contributed by atoms with E-state index in [1.165, 1.54) is 0 Å². The summed E-state index contributed by atoms with van der Waals surface area (Å²) in [6.45, 7) is 1.01. The maximum atomic E-state index is 5.47. The molecule has 0 atom stereocenters. The normalized spacial score (nSPS) is 16.4. The monoisotopic (exact) mass is 187 g/mol. The molecule has 0 spiro atoms. The molecule has 0 amide bonds. The topological polar surface area (TPSA) is 12.0 Å². The van der Waals surface area contributed by atoms with Crippen LogP contribution in [0.3, 0.4) is 0 Å². The lowest BCUT2D eigenvalue weighted by molar-refractivity contribution is 0.903. The first-order valence-corrected chi connectivity index (χ1v) is 3.34. The minimum atomic E-state index is 0. The van der Waals surface area contributed by atoms with Crippen LogP contribution in [-0.4, -0.2) is 6.54 Å². The number of allylic oxidation sites excluding steroid dienone is 1. The molecule has 0 aromatic heterocycles. The van der Waals surface area contributed by atoms with Gasteiger partial charge in [-0.1, -0.05) is 23.2 Å². The molecule has 1 nitrogen and oxygen atoms in total. The summed E-state index contributed by atoms with van der Waals surface area (Å²) >= 11 is 10.9. The number of nitrogens with one attached hydrogen (secondary N) is 1. The standard InChI is InChI=1S/C5H7Cl2N.ClH/c6-5(7)4-2-1-3-8-4;/h8H,1-3H2;1H. The molecule has 1 aliphatic rings. The van der Waals surface area contributed by atoms with Crippen LogP contribution in [0.5, 0.6) is 0 Å². The predicted octanol–water partition coefficient (Wildman–Crippen LogP) is 2.44. The van der Waals surface area contributed by atoms with E-state index in [0.29, 0.717) is 4.49 Å². The highest BCUT2D eigenvalue weighted by Crippen LogP contribution is 2.19. The van der Waals surface area contributed by atoms with Crippen LogP contribution >= 0.6 is 35.6 Å². The SMILES string of the molecule is Cl.ClC(Cl)=C1CCCN1. The largest absolute Gasteiger partial charge is 0.386 e. The third-order valence-corrected chi connectivity index (χ3v) is 1.63. The second kappa shape index (κ2) is 4.26. The van der Waals surface area contributed by atoms with Crippen molar-refractivity contribution in [2.24, 2.45) is 0 Å². The summed E-state index contributed by atoms with van der Waals surface area (Å²) in [5, 5.41) is 3.07. The number of halogens is 3. The van der Waals surface area contributed by atoms with Crippen molar-refractivity contribution in [3.63, 3.8) is 0 Å². The van der Waals surface area contributed by atoms with Crippen molar-refractivity contribution in [3.05, 3.63) is 10.2 Å². The zero-order valence-corrected chi connectivity index (χ0v) is 7.11. The van der Waals surface area contributed by atoms with Crippen LogP contribution in [0.25, 0.3) is 0 Å². The van der Waals surface area contributed by atoms with Gasteiger partial charge in [0, 0.05) is 12.2 Å². The van der Waals surface area contributed by atoms with Crippen LogP contribution in [0.4, 0.5) is 0 Å². The molecular formula is C5H8Cl3N. The van der Waals surface area contributed by atoms with Crippen molar-refractivity contribution in [1.29, 1.82) is 0 Å². The lowest BCUT2D eigenvalue weighted by atomic mass is 10.3. The maximum absolute atomic E-state index is 5.47. The first-order valence-electron chi connectivity index (χ1n) is 2.59. The summed E-state index contributed by atoms with van der Waals surface area (Å²) in [4.78, 5) is 0. The van der Waals surface area contributed by atoms with Gasteiger partial charge in [-0.15, -0.1) is 12.4 Å². The summed E-state index contributed by atoms with van der Waals surface area (Å²) in [6.07, 6.45) is 2.15. The molecule has 0 aromatic rings. The van der Waals surface area contributed by atoms with Crippen LogP contribution in [-0.2, 0) is 0 Å². The molecule has 54 valence electrons. The maximum Gasteiger partial charge on any atom is 0.125 e. The minimum absolute atomic E-state index is 0. The number of hydrogen-bond donors (Lipinski definition) is 1. The highest BCUT2D eigenvalue weighted by atomic mass is 35.5. The Kier molecular flexibility index (Phi) is 4.46. The zero-order chi connectivity index (χ0) is 5.98. The summed E-state index contributed by atoms with van der Waals surface area (Å²) in [5.41, 5.74) is 0.994. The Labute approximate surface area is 70.8 Å². The Morgan fingerprint density at radius 2 is 2.11 bits per heavy atom. The number of hydrogen-bond acceptors (Lipinski definition) is 1. The molecular weight excluding hydrogens is 180 g/mol. The second-order valence-electron chi connectivity index (χ2n) is 1.77. The molecule has 0 radical (unpaired) electrons. The molecule has 0 aromatic carbocycles. The van der Waals surface area contributed by atoms with E-state index < -0.39 is 0 Å². The van der Waals surface area contributed by atoms with Gasteiger partial charge in [0.15, 0.2) is 0 Å². The van der Waals surface area contributed by atoms with E-state index in [-0.39, 0.29) is 12.4 Å². The van der Waals surface area contributed by atoms with Crippen molar-refractivity contribution in [2.45, 2.75) is 12.8 Å². The van der Waals surface area contributed by atoms with Crippen LogP contribution < -0.4 is 5.32 Å². The Morgan fingerprint density at radius 1 is 1.44 bits per heavy atom. The van der Waals surface area contributed by atoms with E-state index in [0.717, 1.165) is 25.1 Å². The van der Waals surface area contributed by atoms with Crippen LogP contribution in [0.2, 0.25) is 0 Å². The fourth-order valence-corrected chi connectivity index (χ4v) is 1.08. The molecule has 0 bridgehead atoms. The molecule has 4 heteroatoms. The van der Waals surface area contributed by atoms with Gasteiger partial charge in [0.25, 0.3) is 0 Å². The third kappa shape index (κ3) is 2.65. The van der Waals surface area contributed by atoms with E-state index >= 15 is 0 Å². The molecule has 0 aliphatic carbocycles. The summed E-state index contributed by atoms with van der Waals surface area (Å²) in [5.74, 6) is 0. The highest BCUT2D eigenvalue weighted by molar-refractivity contribution is 6.56. The Bertz CT molecular complexity index is 109. The van der Waals surface area contributed by atoms with E-state index in [9.17, 15) is 0 Å². The number of rotatable bonds is 0. The third-order valence-electron chi connectivity index (χ3n) is 1.17. The van der Waals surface area contributed by atoms with Gasteiger partial charge in [-0.05, 0) is 12.8 Å². The minimum Gasteiger partial charge on any atom is -0.386 e. The smallest absolute Gasteiger partial charge is 0.125 e. The van der Waals surface area contributed by atoms with Crippen molar-refractivity contribution < 1.29 is 0 Å². The fraction of sp³-hybridized carbons (Fsp3) is 0.600. The van der Waals surface area contributed by atoms with E-state index in [1.807, 2.05) is 0 Å². The molecule has 0 saturated carbocycles. The second-order valence-corrected chi connectivity index (χ2v) is 2.72. The van der Waals surface area contributed by atoms with Crippen LogP contribution in [0.1, 0.15) is 12.8 Å². The summed E-state index contributed by atoms with van der Waals surface area (Å²) in [7, 11) is 0. The van der Waals surface area contributed by atoms with E-state index in [1.54, 1.807) is 0 Å². The molecule has 0 unspecified atom stereocenters. The van der Waals surface area contributed by atoms with Crippen molar-refractivity contribution in [1.82, 2.24) is 5.32 Å². The molecule has 1 fully saturated rings. The highest BCUT2D eigenvalue weighted by Gasteiger charge is 2.07. The fourth-order valence-electron chi connectivity index (χ4n) is 0.754. The summed E-state index contributed by atoms with van der Waals surface area (Å²) < 4.78 is 0.391. The lowest BCUT2D eigenvalue weighted by Crippen LogP contribution is -2.03.